The predicted octanol–water partition coefficient (Wildman–Crippen LogP) is 2.71. The minimum atomic E-state index is 0.0395. The second kappa shape index (κ2) is 8.76. The molecular formula is C18H22BrN2O2S+. The van der Waals surface area contributed by atoms with E-state index in [0.717, 1.165) is 42.7 Å². The Kier molecular flexibility index (Phi) is 6.43. The van der Waals surface area contributed by atoms with Crippen LogP contribution in [0.2, 0.25) is 0 Å². The molecule has 24 heavy (non-hydrogen) atoms. The molecule has 2 N–H and O–H groups in total. The number of halogens is 1. The monoisotopic (exact) mass is 409 g/mol. The van der Waals surface area contributed by atoms with Crippen molar-refractivity contribution < 1.29 is 14.4 Å². The lowest BCUT2D eigenvalue weighted by Gasteiger charge is -2.21. The highest BCUT2D eigenvalue weighted by molar-refractivity contribution is 9.10. The first-order valence-electron chi connectivity index (χ1n) is 8.22. The standard InChI is InChI=1S/C18H21BrN2O2S/c19-14-4-1-5-15(10-14)20-18(22)13-21(11-16-6-2-8-23-16)12-17-7-3-9-24-17/h1,3-5,7,9-10,16H,2,6,8,11-13H2,(H,20,22)/p+1/t16-/m1/s1. The van der Waals surface area contributed by atoms with Crippen molar-refractivity contribution >= 4 is 38.9 Å². The van der Waals surface area contributed by atoms with E-state index in [1.54, 1.807) is 11.3 Å². The van der Waals surface area contributed by atoms with Gasteiger partial charge in [0.25, 0.3) is 5.91 Å². The van der Waals surface area contributed by atoms with Crippen LogP contribution in [0.3, 0.4) is 0 Å². The fourth-order valence-electron chi connectivity index (χ4n) is 2.99. The van der Waals surface area contributed by atoms with E-state index in [9.17, 15) is 4.79 Å². The molecular weight excluding hydrogens is 388 g/mol. The number of hydrogen-bond donors (Lipinski definition) is 2. The smallest absolute Gasteiger partial charge is 0.279 e. The Morgan fingerprint density at radius 3 is 3.00 bits per heavy atom. The lowest BCUT2D eigenvalue weighted by atomic mass is 10.2. The zero-order chi connectivity index (χ0) is 16.8. The van der Waals surface area contributed by atoms with Crippen molar-refractivity contribution in [3.8, 4) is 0 Å². The van der Waals surface area contributed by atoms with Crippen LogP contribution < -0.4 is 10.2 Å². The fraction of sp³-hybridized carbons (Fsp3) is 0.389. The second-order valence-electron chi connectivity index (χ2n) is 6.08. The normalized spacial score (nSPS) is 18.5. The van der Waals surface area contributed by atoms with Crippen LogP contribution in [0.15, 0.2) is 46.3 Å². The third-order valence-corrected chi connectivity index (χ3v) is 5.43. The molecule has 1 amide bonds. The van der Waals surface area contributed by atoms with E-state index in [4.69, 9.17) is 4.74 Å². The summed E-state index contributed by atoms with van der Waals surface area (Å²) in [4.78, 5) is 15.0. The van der Waals surface area contributed by atoms with E-state index in [1.807, 2.05) is 24.3 Å². The highest BCUT2D eigenvalue weighted by atomic mass is 79.9. The maximum atomic E-state index is 12.5. The first kappa shape index (κ1) is 17.6. The van der Waals surface area contributed by atoms with Crippen molar-refractivity contribution in [2.24, 2.45) is 0 Å². The number of amides is 1. The average molecular weight is 410 g/mol. The molecule has 128 valence electrons. The van der Waals surface area contributed by atoms with Crippen molar-refractivity contribution in [1.82, 2.24) is 0 Å². The predicted molar refractivity (Wildman–Crippen MR) is 100 cm³/mol. The van der Waals surface area contributed by atoms with Gasteiger partial charge in [0, 0.05) is 16.8 Å². The van der Waals surface area contributed by atoms with Gasteiger partial charge in [-0.25, -0.2) is 0 Å². The summed E-state index contributed by atoms with van der Waals surface area (Å²) >= 11 is 5.17. The average Bonchev–Trinajstić information content (AvgIpc) is 3.21. The molecule has 2 heterocycles. The Labute approximate surface area is 154 Å². The van der Waals surface area contributed by atoms with Gasteiger partial charge in [-0.05, 0) is 42.5 Å². The maximum Gasteiger partial charge on any atom is 0.279 e. The number of quaternary nitrogens is 1. The molecule has 1 aromatic heterocycles. The van der Waals surface area contributed by atoms with E-state index in [0.29, 0.717) is 6.54 Å². The summed E-state index contributed by atoms with van der Waals surface area (Å²) in [7, 11) is 0. The molecule has 1 fully saturated rings. The first-order chi connectivity index (χ1) is 11.7. The number of ether oxygens (including phenoxy) is 1. The third kappa shape index (κ3) is 5.41. The van der Waals surface area contributed by atoms with Crippen LogP contribution in [-0.2, 0) is 16.1 Å². The summed E-state index contributed by atoms with van der Waals surface area (Å²) < 4.78 is 6.72. The summed E-state index contributed by atoms with van der Waals surface area (Å²) in [6, 6.07) is 11.9. The van der Waals surface area contributed by atoms with Crippen molar-refractivity contribution in [2.45, 2.75) is 25.5 Å². The number of anilines is 1. The summed E-state index contributed by atoms with van der Waals surface area (Å²) in [6.45, 7) is 3.04. The lowest BCUT2D eigenvalue weighted by Crippen LogP contribution is -3.12. The van der Waals surface area contributed by atoms with Gasteiger partial charge in [0.1, 0.15) is 19.2 Å². The van der Waals surface area contributed by atoms with Gasteiger partial charge in [0.05, 0.1) is 4.88 Å². The SMILES string of the molecule is O=C(C[NH+](Cc1cccs1)C[C@H]1CCCO1)Nc1cccc(Br)c1. The molecule has 0 saturated carbocycles. The van der Waals surface area contributed by atoms with Crippen LogP contribution in [-0.4, -0.2) is 31.7 Å². The minimum Gasteiger partial charge on any atom is -0.372 e. The Balaban J connectivity index is 1.60. The van der Waals surface area contributed by atoms with Gasteiger partial charge in [-0.2, -0.15) is 0 Å². The number of carbonyl (C=O) groups excluding carboxylic acids is 1. The Morgan fingerprint density at radius 1 is 1.38 bits per heavy atom. The Bertz CT molecular complexity index is 657. The van der Waals surface area contributed by atoms with Gasteiger partial charge in [-0.15, -0.1) is 11.3 Å². The van der Waals surface area contributed by atoms with Crippen molar-refractivity contribution in [1.29, 1.82) is 0 Å². The van der Waals surface area contributed by atoms with Crippen LogP contribution in [0.1, 0.15) is 17.7 Å². The number of benzene rings is 1. The maximum absolute atomic E-state index is 12.5. The van der Waals surface area contributed by atoms with Crippen LogP contribution in [0.5, 0.6) is 0 Å². The Morgan fingerprint density at radius 2 is 2.29 bits per heavy atom. The van der Waals surface area contributed by atoms with Crippen LogP contribution in [0.25, 0.3) is 0 Å². The van der Waals surface area contributed by atoms with E-state index in [-0.39, 0.29) is 12.0 Å². The molecule has 3 rings (SSSR count). The molecule has 1 aromatic carbocycles. The number of rotatable bonds is 7. The summed E-state index contributed by atoms with van der Waals surface area (Å²) in [5, 5.41) is 5.07. The molecule has 0 bridgehead atoms. The molecule has 6 heteroatoms. The molecule has 0 spiro atoms. The van der Waals surface area contributed by atoms with Crippen LogP contribution >= 0.6 is 27.3 Å². The Hall–Kier alpha value is -1.21. The van der Waals surface area contributed by atoms with Gasteiger partial charge < -0.3 is 15.0 Å². The minimum absolute atomic E-state index is 0.0395. The van der Waals surface area contributed by atoms with E-state index < -0.39 is 0 Å². The fourth-order valence-corrected chi connectivity index (χ4v) is 4.17. The number of thiophene rings is 1. The number of carbonyl (C=O) groups is 1. The van der Waals surface area contributed by atoms with Gasteiger partial charge >= 0.3 is 0 Å². The van der Waals surface area contributed by atoms with Gasteiger partial charge in [-0.1, -0.05) is 28.1 Å². The molecule has 1 saturated heterocycles. The zero-order valence-electron chi connectivity index (χ0n) is 13.5. The number of nitrogens with one attached hydrogen (secondary N) is 2. The third-order valence-electron chi connectivity index (χ3n) is 4.06. The molecule has 4 nitrogen and oxygen atoms in total. The molecule has 2 atom stereocenters. The second-order valence-corrected chi connectivity index (χ2v) is 8.03. The zero-order valence-corrected chi connectivity index (χ0v) is 15.9. The van der Waals surface area contributed by atoms with Gasteiger partial charge in [0.15, 0.2) is 6.54 Å². The van der Waals surface area contributed by atoms with Gasteiger partial charge in [0.2, 0.25) is 0 Å². The lowest BCUT2D eigenvalue weighted by molar-refractivity contribution is -0.908. The van der Waals surface area contributed by atoms with Crippen LogP contribution in [0, 0.1) is 0 Å². The topological polar surface area (TPSA) is 42.8 Å². The number of hydrogen-bond acceptors (Lipinski definition) is 3. The van der Waals surface area contributed by atoms with E-state index in [1.165, 1.54) is 9.78 Å². The molecule has 0 radical (unpaired) electrons. The van der Waals surface area contributed by atoms with Crippen LogP contribution in [0.4, 0.5) is 5.69 Å². The highest BCUT2D eigenvalue weighted by Crippen LogP contribution is 2.15. The van der Waals surface area contributed by atoms with Crippen molar-refractivity contribution in [3.05, 3.63) is 51.1 Å². The molecule has 1 aliphatic rings. The first-order valence-corrected chi connectivity index (χ1v) is 9.89. The summed E-state index contributed by atoms with van der Waals surface area (Å²) in [5.74, 6) is 0.0395. The van der Waals surface area contributed by atoms with E-state index in [2.05, 4.69) is 38.8 Å². The van der Waals surface area contributed by atoms with Crippen molar-refractivity contribution in [2.75, 3.05) is 25.0 Å². The molecule has 2 aromatic rings. The largest absolute Gasteiger partial charge is 0.372 e. The summed E-state index contributed by atoms with van der Waals surface area (Å²) in [5.41, 5.74) is 0.821. The quantitative estimate of drug-likeness (QED) is 0.737. The molecule has 1 aliphatic heterocycles. The van der Waals surface area contributed by atoms with Gasteiger partial charge in [-0.3, -0.25) is 4.79 Å². The highest BCUT2D eigenvalue weighted by Gasteiger charge is 2.24. The molecule has 0 aliphatic carbocycles. The van der Waals surface area contributed by atoms with E-state index >= 15 is 0 Å². The summed E-state index contributed by atoms with van der Waals surface area (Å²) in [6.07, 6.45) is 2.50. The molecule has 1 unspecified atom stereocenters. The van der Waals surface area contributed by atoms with Crippen molar-refractivity contribution in [3.63, 3.8) is 0 Å².